The normalized spacial score (nSPS) is 23.9. The van der Waals surface area contributed by atoms with Gasteiger partial charge in [-0.1, -0.05) is 18.2 Å². The van der Waals surface area contributed by atoms with E-state index in [1.165, 1.54) is 18.5 Å². The van der Waals surface area contributed by atoms with Gasteiger partial charge in [0.1, 0.15) is 0 Å². The van der Waals surface area contributed by atoms with Crippen LogP contribution >= 0.6 is 0 Å². The van der Waals surface area contributed by atoms with Gasteiger partial charge >= 0.3 is 0 Å². The number of hydrogen-bond donors (Lipinski definition) is 1. The molecule has 2 aliphatic heterocycles. The predicted molar refractivity (Wildman–Crippen MR) is 99.7 cm³/mol. The van der Waals surface area contributed by atoms with Gasteiger partial charge in [-0.3, -0.25) is 4.99 Å². The topological polar surface area (TPSA) is 40.1 Å². The molecule has 0 bridgehead atoms. The standard InChI is InChI=1S/C19H30N4O/c1-20-18(23-13-9-19(15-23)10-14-24-16-19)21-11-6-12-22(2)17-7-4-3-5-8-17/h3-5,7-8H,6,9-16H2,1-2H3,(H,20,21). The maximum atomic E-state index is 5.62. The molecule has 24 heavy (non-hydrogen) atoms. The molecule has 1 unspecified atom stereocenters. The van der Waals surface area contributed by atoms with E-state index in [1.54, 1.807) is 0 Å². The number of hydrogen-bond acceptors (Lipinski definition) is 3. The van der Waals surface area contributed by atoms with Crippen LogP contribution in [0.3, 0.4) is 0 Å². The van der Waals surface area contributed by atoms with Gasteiger partial charge in [-0.15, -0.1) is 0 Å². The monoisotopic (exact) mass is 330 g/mol. The molecular weight excluding hydrogens is 300 g/mol. The number of aliphatic imine (C=N–C) groups is 1. The van der Waals surface area contributed by atoms with Crippen molar-refractivity contribution >= 4 is 11.6 Å². The molecule has 0 amide bonds. The molecule has 0 aromatic heterocycles. The van der Waals surface area contributed by atoms with Crippen LogP contribution in [0.25, 0.3) is 0 Å². The summed E-state index contributed by atoms with van der Waals surface area (Å²) in [5, 5.41) is 3.53. The second kappa shape index (κ2) is 7.88. The lowest BCUT2D eigenvalue weighted by Crippen LogP contribution is -2.42. The zero-order valence-corrected chi connectivity index (χ0v) is 15.0. The molecule has 2 fully saturated rings. The third kappa shape index (κ3) is 4.01. The average molecular weight is 330 g/mol. The molecule has 1 aromatic rings. The Hall–Kier alpha value is -1.75. The second-order valence-electron chi connectivity index (χ2n) is 7.06. The number of likely N-dealkylation sites (tertiary alicyclic amines) is 1. The van der Waals surface area contributed by atoms with Crippen LogP contribution in [-0.2, 0) is 4.74 Å². The number of nitrogens with one attached hydrogen (secondary N) is 1. The zero-order chi connectivity index (χ0) is 16.8. The molecule has 1 atom stereocenters. The van der Waals surface area contributed by atoms with Crippen LogP contribution in [-0.4, -0.2) is 64.3 Å². The molecule has 1 aromatic carbocycles. The number of rotatable bonds is 5. The molecule has 0 saturated carbocycles. The average Bonchev–Trinajstić information content (AvgIpc) is 3.26. The van der Waals surface area contributed by atoms with Crippen molar-refractivity contribution in [3.63, 3.8) is 0 Å². The van der Waals surface area contributed by atoms with Crippen LogP contribution in [0.1, 0.15) is 19.3 Å². The molecule has 2 heterocycles. The fraction of sp³-hybridized carbons (Fsp3) is 0.632. The van der Waals surface area contributed by atoms with Gasteiger partial charge in [0.25, 0.3) is 0 Å². The van der Waals surface area contributed by atoms with Crippen molar-refractivity contribution in [1.82, 2.24) is 10.2 Å². The van der Waals surface area contributed by atoms with Crippen LogP contribution in [0, 0.1) is 5.41 Å². The first-order valence-electron chi connectivity index (χ1n) is 9.02. The molecule has 0 radical (unpaired) electrons. The second-order valence-corrected chi connectivity index (χ2v) is 7.06. The van der Waals surface area contributed by atoms with Crippen molar-refractivity contribution in [2.45, 2.75) is 19.3 Å². The van der Waals surface area contributed by atoms with Gasteiger partial charge in [-0.05, 0) is 31.4 Å². The summed E-state index contributed by atoms with van der Waals surface area (Å²) in [4.78, 5) is 9.17. The van der Waals surface area contributed by atoms with E-state index in [0.29, 0.717) is 5.41 Å². The summed E-state index contributed by atoms with van der Waals surface area (Å²) in [7, 11) is 4.03. The SMILES string of the molecule is CN=C(NCCCN(C)c1ccccc1)N1CCC2(CCOC2)C1. The Labute approximate surface area is 145 Å². The third-order valence-electron chi connectivity index (χ3n) is 5.29. The minimum Gasteiger partial charge on any atom is -0.381 e. The Kier molecular flexibility index (Phi) is 5.61. The summed E-state index contributed by atoms with van der Waals surface area (Å²) in [6.45, 7) is 5.99. The smallest absolute Gasteiger partial charge is 0.193 e. The summed E-state index contributed by atoms with van der Waals surface area (Å²) in [5.74, 6) is 1.04. The van der Waals surface area contributed by atoms with Gasteiger partial charge in [0.05, 0.1) is 6.61 Å². The maximum Gasteiger partial charge on any atom is 0.193 e. The highest BCUT2D eigenvalue weighted by molar-refractivity contribution is 5.80. The highest BCUT2D eigenvalue weighted by Crippen LogP contribution is 2.38. The first kappa shape index (κ1) is 17.1. The van der Waals surface area contributed by atoms with Crippen molar-refractivity contribution in [3.8, 4) is 0 Å². The minimum atomic E-state index is 0.380. The molecule has 132 valence electrons. The van der Waals surface area contributed by atoms with E-state index in [4.69, 9.17) is 4.74 Å². The Morgan fingerprint density at radius 2 is 2.17 bits per heavy atom. The predicted octanol–water partition coefficient (Wildman–Crippen LogP) is 2.20. The molecule has 5 heteroatoms. The Morgan fingerprint density at radius 1 is 1.33 bits per heavy atom. The maximum absolute atomic E-state index is 5.62. The molecule has 2 aliphatic rings. The third-order valence-corrected chi connectivity index (χ3v) is 5.29. The van der Waals surface area contributed by atoms with Crippen LogP contribution in [0.2, 0.25) is 0 Å². The summed E-state index contributed by atoms with van der Waals surface area (Å²) in [5.41, 5.74) is 1.65. The highest BCUT2D eigenvalue weighted by atomic mass is 16.5. The van der Waals surface area contributed by atoms with Crippen molar-refractivity contribution in [1.29, 1.82) is 0 Å². The van der Waals surface area contributed by atoms with E-state index in [2.05, 4.69) is 57.5 Å². The number of guanidine groups is 1. The molecule has 3 rings (SSSR count). The molecule has 5 nitrogen and oxygen atoms in total. The lowest BCUT2D eigenvalue weighted by atomic mass is 9.87. The lowest BCUT2D eigenvalue weighted by molar-refractivity contribution is 0.156. The van der Waals surface area contributed by atoms with Gasteiger partial charge in [0.15, 0.2) is 5.96 Å². The van der Waals surface area contributed by atoms with Crippen molar-refractivity contribution in [2.24, 2.45) is 10.4 Å². The fourth-order valence-corrected chi connectivity index (χ4v) is 3.75. The molecular formula is C19H30N4O. The van der Waals surface area contributed by atoms with Crippen LogP contribution < -0.4 is 10.2 Å². The van der Waals surface area contributed by atoms with Gasteiger partial charge in [-0.25, -0.2) is 0 Å². The van der Waals surface area contributed by atoms with E-state index in [9.17, 15) is 0 Å². The van der Waals surface area contributed by atoms with Crippen molar-refractivity contribution < 1.29 is 4.74 Å². The highest BCUT2D eigenvalue weighted by Gasteiger charge is 2.42. The molecule has 1 spiro atoms. The first-order chi connectivity index (χ1) is 11.7. The summed E-state index contributed by atoms with van der Waals surface area (Å²) in [6, 6.07) is 10.5. The van der Waals surface area contributed by atoms with E-state index in [0.717, 1.165) is 51.8 Å². The summed E-state index contributed by atoms with van der Waals surface area (Å²) in [6.07, 6.45) is 3.51. The Morgan fingerprint density at radius 3 is 2.88 bits per heavy atom. The molecule has 0 aliphatic carbocycles. The summed E-state index contributed by atoms with van der Waals surface area (Å²) >= 11 is 0. The zero-order valence-electron chi connectivity index (χ0n) is 15.0. The number of ether oxygens (including phenoxy) is 1. The molecule has 1 N–H and O–H groups in total. The Balaban J connectivity index is 1.41. The Bertz CT molecular complexity index is 540. The van der Waals surface area contributed by atoms with E-state index < -0.39 is 0 Å². The number of nitrogens with zero attached hydrogens (tertiary/aromatic N) is 3. The van der Waals surface area contributed by atoms with Gasteiger partial charge < -0.3 is 19.9 Å². The van der Waals surface area contributed by atoms with Crippen LogP contribution in [0.4, 0.5) is 5.69 Å². The molecule has 2 saturated heterocycles. The van der Waals surface area contributed by atoms with E-state index in [-0.39, 0.29) is 0 Å². The minimum absolute atomic E-state index is 0.380. The number of benzene rings is 1. The lowest BCUT2D eigenvalue weighted by Gasteiger charge is -2.25. The largest absolute Gasteiger partial charge is 0.381 e. The van der Waals surface area contributed by atoms with Crippen molar-refractivity contribution in [3.05, 3.63) is 30.3 Å². The first-order valence-corrected chi connectivity index (χ1v) is 9.02. The van der Waals surface area contributed by atoms with Crippen LogP contribution in [0.15, 0.2) is 35.3 Å². The summed E-state index contributed by atoms with van der Waals surface area (Å²) < 4.78 is 5.62. The van der Waals surface area contributed by atoms with Crippen molar-refractivity contribution in [2.75, 3.05) is 58.4 Å². The number of anilines is 1. The van der Waals surface area contributed by atoms with Gasteiger partial charge in [0.2, 0.25) is 0 Å². The fourth-order valence-electron chi connectivity index (χ4n) is 3.75. The van der Waals surface area contributed by atoms with E-state index in [1.807, 2.05) is 7.05 Å². The number of para-hydroxylation sites is 1. The van der Waals surface area contributed by atoms with Crippen LogP contribution in [0.5, 0.6) is 0 Å². The quantitative estimate of drug-likeness (QED) is 0.510. The van der Waals surface area contributed by atoms with E-state index >= 15 is 0 Å². The van der Waals surface area contributed by atoms with Gasteiger partial charge in [0, 0.05) is 58.0 Å². The van der Waals surface area contributed by atoms with Gasteiger partial charge in [-0.2, -0.15) is 0 Å².